The molecule has 0 spiro atoms. The largest absolute Gasteiger partial charge is 0.442 e. The molecule has 9 heteroatoms. The highest BCUT2D eigenvalue weighted by Crippen LogP contribution is 2.41. The van der Waals surface area contributed by atoms with Gasteiger partial charge in [0.2, 0.25) is 0 Å². The van der Waals surface area contributed by atoms with Crippen LogP contribution >= 0.6 is 11.3 Å². The van der Waals surface area contributed by atoms with E-state index in [0.29, 0.717) is 17.6 Å². The van der Waals surface area contributed by atoms with E-state index in [4.69, 9.17) is 4.74 Å². The number of ether oxygens (including phenoxy) is 1. The fourth-order valence-electron chi connectivity index (χ4n) is 3.31. The Balaban J connectivity index is 2.00. The van der Waals surface area contributed by atoms with E-state index in [-0.39, 0.29) is 40.7 Å². The van der Waals surface area contributed by atoms with Crippen LogP contribution in [-0.2, 0) is 24.3 Å². The number of halogens is 4. The second kappa shape index (κ2) is 10.3. The smallest absolute Gasteiger partial charge is 0.407 e. The van der Waals surface area contributed by atoms with Crippen molar-refractivity contribution in [1.29, 1.82) is 0 Å². The standard InChI is InChI=1S/C22H26F4N2O2S/c1-6-14-8-9-15(19(23)18(14)12(3)4)10-27-21(29)30-11-17-28-13(5)20(31-17)16(7-2)22(24,25)26/h8-9,16H,3,6-7,10-11H2,1-2,4-5H3,(H,27,29). The van der Waals surface area contributed by atoms with Gasteiger partial charge in [0.05, 0.1) is 11.6 Å². The van der Waals surface area contributed by atoms with E-state index in [1.54, 1.807) is 19.1 Å². The van der Waals surface area contributed by atoms with Gasteiger partial charge in [-0.3, -0.25) is 0 Å². The molecule has 1 amide bonds. The Labute approximate surface area is 183 Å². The van der Waals surface area contributed by atoms with Crippen molar-refractivity contribution < 1.29 is 27.1 Å². The Hall–Kier alpha value is -2.42. The highest BCUT2D eigenvalue weighted by Gasteiger charge is 2.41. The Morgan fingerprint density at radius 2 is 1.94 bits per heavy atom. The Morgan fingerprint density at radius 3 is 2.48 bits per heavy atom. The van der Waals surface area contributed by atoms with Gasteiger partial charge < -0.3 is 10.1 Å². The maximum Gasteiger partial charge on any atom is 0.407 e. The van der Waals surface area contributed by atoms with Gasteiger partial charge in [0.25, 0.3) is 0 Å². The van der Waals surface area contributed by atoms with Crippen molar-refractivity contribution in [3.63, 3.8) is 0 Å². The number of aromatic nitrogens is 1. The number of nitrogens with one attached hydrogen (secondary N) is 1. The lowest BCUT2D eigenvalue weighted by Gasteiger charge is -2.17. The van der Waals surface area contributed by atoms with Gasteiger partial charge in [-0.15, -0.1) is 11.3 Å². The second-order valence-corrected chi connectivity index (χ2v) is 8.31. The summed E-state index contributed by atoms with van der Waals surface area (Å²) in [6.45, 7) is 10.1. The Morgan fingerprint density at radius 1 is 1.29 bits per heavy atom. The molecule has 4 nitrogen and oxygen atoms in total. The summed E-state index contributed by atoms with van der Waals surface area (Å²) in [5.74, 6) is -2.03. The molecule has 1 atom stereocenters. The molecular weight excluding hydrogens is 432 g/mol. The van der Waals surface area contributed by atoms with Crippen molar-refractivity contribution in [2.24, 2.45) is 0 Å². The van der Waals surface area contributed by atoms with Crippen LogP contribution < -0.4 is 5.32 Å². The average Bonchev–Trinajstić information content (AvgIpc) is 3.04. The first-order valence-electron chi connectivity index (χ1n) is 9.89. The minimum atomic E-state index is -4.36. The van der Waals surface area contributed by atoms with Crippen LogP contribution in [0.15, 0.2) is 18.7 Å². The molecule has 31 heavy (non-hydrogen) atoms. The number of carbonyl (C=O) groups excluding carboxylic acids is 1. The molecule has 2 rings (SSSR count). The van der Waals surface area contributed by atoms with Crippen LogP contribution in [0.1, 0.15) is 65.4 Å². The lowest BCUT2D eigenvalue weighted by atomic mass is 9.96. The summed E-state index contributed by atoms with van der Waals surface area (Å²) in [4.78, 5) is 16.2. The van der Waals surface area contributed by atoms with Gasteiger partial charge in [-0.05, 0) is 37.8 Å². The molecule has 1 unspecified atom stereocenters. The number of carbonyl (C=O) groups is 1. The summed E-state index contributed by atoms with van der Waals surface area (Å²) in [6, 6.07) is 3.39. The molecule has 170 valence electrons. The number of amides is 1. The topological polar surface area (TPSA) is 51.2 Å². The fraction of sp³-hybridized carbons (Fsp3) is 0.455. The molecule has 0 aliphatic carbocycles. The van der Waals surface area contributed by atoms with E-state index >= 15 is 0 Å². The predicted molar refractivity (Wildman–Crippen MR) is 113 cm³/mol. The third-order valence-electron chi connectivity index (χ3n) is 4.86. The number of aryl methyl sites for hydroxylation is 2. The highest BCUT2D eigenvalue weighted by molar-refractivity contribution is 7.11. The minimum Gasteiger partial charge on any atom is -0.442 e. The molecule has 1 heterocycles. The van der Waals surface area contributed by atoms with E-state index < -0.39 is 24.0 Å². The van der Waals surface area contributed by atoms with E-state index in [0.717, 1.165) is 16.9 Å². The van der Waals surface area contributed by atoms with E-state index in [1.165, 1.54) is 13.8 Å². The molecule has 0 aliphatic heterocycles. The number of allylic oxidation sites excluding steroid dienone is 1. The van der Waals surface area contributed by atoms with Crippen LogP contribution in [0.25, 0.3) is 5.57 Å². The predicted octanol–water partition coefficient (Wildman–Crippen LogP) is 6.67. The molecule has 0 radical (unpaired) electrons. The lowest BCUT2D eigenvalue weighted by molar-refractivity contribution is -0.150. The number of hydrogen-bond donors (Lipinski definition) is 1. The maximum absolute atomic E-state index is 14.8. The number of hydrogen-bond acceptors (Lipinski definition) is 4. The van der Waals surface area contributed by atoms with Crippen LogP contribution in [0.5, 0.6) is 0 Å². The van der Waals surface area contributed by atoms with Crippen LogP contribution in [0.4, 0.5) is 22.4 Å². The summed E-state index contributed by atoms with van der Waals surface area (Å²) in [7, 11) is 0. The van der Waals surface area contributed by atoms with Gasteiger partial charge in [0, 0.05) is 22.5 Å². The number of rotatable bonds is 8. The first-order chi connectivity index (χ1) is 14.5. The molecule has 0 fully saturated rings. The van der Waals surface area contributed by atoms with E-state index in [2.05, 4.69) is 16.9 Å². The number of alkyl halides is 3. The van der Waals surface area contributed by atoms with Gasteiger partial charge in [-0.2, -0.15) is 13.2 Å². The van der Waals surface area contributed by atoms with Gasteiger partial charge >= 0.3 is 12.3 Å². The van der Waals surface area contributed by atoms with Gasteiger partial charge in [-0.1, -0.05) is 32.6 Å². The lowest BCUT2D eigenvalue weighted by Crippen LogP contribution is -2.24. The summed E-state index contributed by atoms with van der Waals surface area (Å²) in [5.41, 5.74) is 2.43. The maximum atomic E-state index is 14.8. The zero-order valence-electron chi connectivity index (χ0n) is 18.0. The normalized spacial score (nSPS) is 12.5. The van der Waals surface area contributed by atoms with Crippen molar-refractivity contribution in [2.45, 2.75) is 65.8 Å². The van der Waals surface area contributed by atoms with Crippen molar-refractivity contribution >= 4 is 23.0 Å². The fourth-order valence-corrected chi connectivity index (χ4v) is 4.50. The Bertz CT molecular complexity index is 954. The molecule has 0 aliphatic rings. The summed E-state index contributed by atoms with van der Waals surface area (Å²) >= 11 is 0.881. The molecule has 2 aromatic rings. The molecule has 0 saturated carbocycles. The number of benzene rings is 1. The third kappa shape index (κ3) is 6.06. The third-order valence-corrected chi connectivity index (χ3v) is 6.11. The monoisotopic (exact) mass is 458 g/mol. The first kappa shape index (κ1) is 24.8. The quantitative estimate of drug-likeness (QED) is 0.450. The average molecular weight is 459 g/mol. The SMILES string of the molecule is C=C(C)c1c(CC)ccc(CNC(=O)OCc2nc(C)c(C(CC)C(F)(F)F)s2)c1F. The van der Waals surface area contributed by atoms with Gasteiger partial charge in [-0.25, -0.2) is 14.2 Å². The first-order valence-corrected chi connectivity index (χ1v) is 10.7. The van der Waals surface area contributed by atoms with Gasteiger partial charge in [0.1, 0.15) is 17.4 Å². The number of thiazole rings is 1. The second-order valence-electron chi connectivity index (χ2n) is 7.20. The van der Waals surface area contributed by atoms with E-state index in [1.807, 2.05) is 6.92 Å². The van der Waals surface area contributed by atoms with Crippen LogP contribution in [0.2, 0.25) is 0 Å². The van der Waals surface area contributed by atoms with Crippen molar-refractivity contribution in [3.8, 4) is 0 Å². The van der Waals surface area contributed by atoms with Crippen LogP contribution in [0.3, 0.4) is 0 Å². The number of nitrogens with zero attached hydrogens (tertiary/aromatic N) is 1. The van der Waals surface area contributed by atoms with Crippen molar-refractivity contribution in [1.82, 2.24) is 10.3 Å². The summed E-state index contributed by atoms with van der Waals surface area (Å²) in [5, 5.41) is 2.73. The molecular formula is C22H26F4N2O2S. The van der Waals surface area contributed by atoms with Crippen molar-refractivity contribution in [3.05, 3.63) is 56.8 Å². The Kier molecular flexibility index (Phi) is 8.22. The molecule has 0 bridgehead atoms. The van der Waals surface area contributed by atoms with Crippen LogP contribution in [0, 0.1) is 12.7 Å². The molecule has 1 aromatic carbocycles. The van der Waals surface area contributed by atoms with Crippen molar-refractivity contribution in [2.75, 3.05) is 0 Å². The zero-order valence-corrected chi connectivity index (χ0v) is 18.8. The van der Waals surface area contributed by atoms with E-state index in [9.17, 15) is 22.4 Å². The molecule has 1 N–H and O–H groups in total. The minimum absolute atomic E-state index is 0.0942. The number of alkyl carbamates (subject to hydrolysis) is 1. The summed E-state index contributed by atoms with van der Waals surface area (Å²) in [6.07, 6.45) is -4.62. The zero-order chi connectivity index (χ0) is 23.3. The highest BCUT2D eigenvalue weighted by atomic mass is 32.1. The summed E-state index contributed by atoms with van der Waals surface area (Å²) < 4.78 is 59.4. The molecule has 1 aromatic heterocycles. The molecule has 0 saturated heterocycles. The van der Waals surface area contributed by atoms with Gasteiger partial charge in [0.15, 0.2) is 0 Å². The van der Waals surface area contributed by atoms with Crippen LogP contribution in [-0.4, -0.2) is 17.3 Å².